The van der Waals surface area contributed by atoms with E-state index in [0.29, 0.717) is 13.1 Å². The maximum absolute atomic E-state index is 11.7. The molecule has 1 amide bonds. The number of carbonyl (C=O) groups is 1. The first-order valence-corrected chi connectivity index (χ1v) is 5.78. The number of hydrogen-bond acceptors (Lipinski definition) is 4. The minimum atomic E-state index is -0.116. The van der Waals surface area contributed by atoms with E-state index in [1.165, 1.54) is 0 Å². The molecule has 1 heterocycles. The van der Waals surface area contributed by atoms with Gasteiger partial charge in [0.15, 0.2) is 0 Å². The lowest BCUT2D eigenvalue weighted by Crippen LogP contribution is -2.34. The highest BCUT2D eigenvalue weighted by Crippen LogP contribution is 2.11. The lowest BCUT2D eigenvalue weighted by molar-refractivity contribution is -0.133. The summed E-state index contributed by atoms with van der Waals surface area (Å²) in [4.78, 5) is 17.7. The number of hydrogen-bond donors (Lipinski definition) is 1. The fourth-order valence-electron chi connectivity index (χ4n) is 1.28. The molecule has 0 bridgehead atoms. The van der Waals surface area contributed by atoms with Gasteiger partial charge in [0.05, 0.1) is 17.2 Å². The van der Waals surface area contributed by atoms with Crippen molar-refractivity contribution < 1.29 is 4.79 Å². The Hall–Kier alpha value is -0.360. The van der Waals surface area contributed by atoms with Crippen molar-refractivity contribution in [3.05, 3.63) is 16.1 Å². The Morgan fingerprint density at radius 1 is 1.59 bits per heavy atom. The predicted octanol–water partition coefficient (Wildman–Crippen LogP) is 1.85. The third-order valence-electron chi connectivity index (χ3n) is 2.22. The number of aryl methyl sites for hydroxylation is 1. The van der Waals surface area contributed by atoms with E-state index in [-0.39, 0.29) is 36.6 Å². The van der Waals surface area contributed by atoms with Crippen molar-refractivity contribution in [3.63, 3.8) is 0 Å². The van der Waals surface area contributed by atoms with Crippen LogP contribution in [0.4, 0.5) is 0 Å². The molecule has 1 atom stereocenters. The smallest absolute Gasteiger partial charge is 0.226 e. The molecule has 0 saturated carbocycles. The number of halogens is 2. The summed E-state index contributed by atoms with van der Waals surface area (Å²) in [5.41, 5.74) is 6.39. The molecule has 0 radical (unpaired) electrons. The van der Waals surface area contributed by atoms with Crippen LogP contribution in [0.1, 0.15) is 17.6 Å². The van der Waals surface area contributed by atoms with E-state index in [2.05, 4.69) is 4.98 Å². The number of amides is 1. The summed E-state index contributed by atoms with van der Waals surface area (Å²) in [5.74, 6) is -0.0436. The molecule has 2 N–H and O–H groups in total. The van der Waals surface area contributed by atoms with E-state index in [9.17, 15) is 4.79 Å². The Bertz CT molecular complexity index is 346. The van der Waals surface area contributed by atoms with Crippen LogP contribution in [0.2, 0.25) is 0 Å². The molecule has 4 nitrogen and oxygen atoms in total. The summed E-state index contributed by atoms with van der Waals surface area (Å²) in [7, 11) is 1.78. The number of nitrogens with zero attached hydrogens (tertiary/aromatic N) is 2. The molecule has 0 aliphatic heterocycles. The largest absolute Gasteiger partial charge is 0.340 e. The van der Waals surface area contributed by atoms with Crippen molar-refractivity contribution in [1.82, 2.24) is 9.88 Å². The Balaban J connectivity index is 0. The fourth-order valence-corrected chi connectivity index (χ4v) is 1.88. The quantitative estimate of drug-likeness (QED) is 0.923. The van der Waals surface area contributed by atoms with E-state index >= 15 is 0 Å². The second-order valence-electron chi connectivity index (χ2n) is 3.69. The number of thiazole rings is 1. The zero-order valence-electron chi connectivity index (χ0n) is 10.2. The van der Waals surface area contributed by atoms with E-state index in [0.717, 1.165) is 10.7 Å². The fraction of sp³-hybridized carbons (Fsp3) is 0.600. The van der Waals surface area contributed by atoms with Crippen molar-refractivity contribution >= 4 is 42.1 Å². The molecule has 0 fully saturated rings. The van der Waals surface area contributed by atoms with Gasteiger partial charge in [0, 0.05) is 24.9 Å². The number of nitrogens with two attached hydrogens (primary N) is 1. The van der Waals surface area contributed by atoms with Crippen LogP contribution in [-0.2, 0) is 11.3 Å². The van der Waals surface area contributed by atoms with Crippen LogP contribution in [0.5, 0.6) is 0 Å². The summed E-state index contributed by atoms with van der Waals surface area (Å²) in [6.07, 6.45) is 0. The molecule has 0 spiro atoms. The lowest BCUT2D eigenvalue weighted by Gasteiger charge is -2.19. The molecule has 17 heavy (non-hydrogen) atoms. The zero-order valence-corrected chi connectivity index (χ0v) is 12.6. The molecule has 1 aromatic rings. The molecule has 1 rings (SSSR count). The first-order chi connectivity index (χ1) is 7.04. The van der Waals surface area contributed by atoms with Gasteiger partial charge < -0.3 is 10.6 Å². The average Bonchev–Trinajstić information content (AvgIpc) is 2.61. The van der Waals surface area contributed by atoms with Gasteiger partial charge in [-0.05, 0) is 6.92 Å². The molecule has 7 heteroatoms. The van der Waals surface area contributed by atoms with Crippen molar-refractivity contribution in [2.45, 2.75) is 20.4 Å². The monoisotopic (exact) mass is 299 g/mol. The van der Waals surface area contributed by atoms with Gasteiger partial charge in [-0.1, -0.05) is 6.92 Å². The van der Waals surface area contributed by atoms with Crippen LogP contribution in [0.25, 0.3) is 0 Å². The normalized spacial score (nSPS) is 11.1. The first-order valence-electron chi connectivity index (χ1n) is 4.90. The number of rotatable bonds is 4. The SMILES string of the molecule is Cc1nc(CN(C)C(=O)C(C)CN)cs1.Cl.Cl. The van der Waals surface area contributed by atoms with Crippen LogP contribution in [0.3, 0.4) is 0 Å². The number of carbonyl (C=O) groups excluding carboxylic acids is 1. The summed E-state index contributed by atoms with van der Waals surface area (Å²) < 4.78 is 0. The van der Waals surface area contributed by atoms with Crippen molar-refractivity contribution in [2.24, 2.45) is 11.7 Å². The van der Waals surface area contributed by atoms with Crippen molar-refractivity contribution in [1.29, 1.82) is 0 Å². The standard InChI is InChI=1S/C10H17N3OS.2ClH/c1-7(4-11)10(14)13(3)5-9-6-15-8(2)12-9;;/h6-7H,4-5,11H2,1-3H3;2*1H. The maximum atomic E-state index is 11.7. The minimum absolute atomic E-state index is 0. The van der Waals surface area contributed by atoms with Crippen LogP contribution in [0.15, 0.2) is 5.38 Å². The van der Waals surface area contributed by atoms with Crippen LogP contribution >= 0.6 is 36.2 Å². The van der Waals surface area contributed by atoms with E-state index in [4.69, 9.17) is 5.73 Å². The van der Waals surface area contributed by atoms with Gasteiger partial charge in [0.2, 0.25) is 5.91 Å². The summed E-state index contributed by atoms with van der Waals surface area (Å²) in [6, 6.07) is 0. The molecule has 0 saturated heterocycles. The Morgan fingerprint density at radius 2 is 2.18 bits per heavy atom. The van der Waals surface area contributed by atoms with Crippen LogP contribution in [0, 0.1) is 12.8 Å². The second kappa shape index (κ2) is 8.69. The van der Waals surface area contributed by atoms with Crippen molar-refractivity contribution in [3.8, 4) is 0 Å². The van der Waals surface area contributed by atoms with E-state index in [1.54, 1.807) is 23.3 Å². The zero-order chi connectivity index (χ0) is 11.4. The maximum Gasteiger partial charge on any atom is 0.226 e. The molecule has 0 aromatic carbocycles. The van der Waals surface area contributed by atoms with Crippen LogP contribution in [-0.4, -0.2) is 29.4 Å². The predicted molar refractivity (Wildman–Crippen MR) is 76.0 cm³/mol. The molecule has 0 aliphatic carbocycles. The highest BCUT2D eigenvalue weighted by molar-refractivity contribution is 7.09. The highest BCUT2D eigenvalue weighted by Gasteiger charge is 2.16. The van der Waals surface area contributed by atoms with Crippen LogP contribution < -0.4 is 5.73 Å². The van der Waals surface area contributed by atoms with Gasteiger partial charge in [-0.25, -0.2) is 4.98 Å². The second-order valence-corrected chi connectivity index (χ2v) is 4.75. The Morgan fingerprint density at radius 3 is 2.59 bits per heavy atom. The molecular weight excluding hydrogens is 281 g/mol. The molecular formula is C10H19Cl2N3OS. The van der Waals surface area contributed by atoms with E-state index < -0.39 is 0 Å². The summed E-state index contributed by atoms with van der Waals surface area (Å²) in [6.45, 7) is 4.75. The topological polar surface area (TPSA) is 59.2 Å². The molecule has 1 unspecified atom stereocenters. The molecule has 0 aliphatic rings. The van der Waals surface area contributed by atoms with Gasteiger partial charge in [-0.3, -0.25) is 4.79 Å². The summed E-state index contributed by atoms with van der Waals surface area (Å²) >= 11 is 1.60. The summed E-state index contributed by atoms with van der Waals surface area (Å²) in [5, 5.41) is 3.00. The Labute approximate surface area is 118 Å². The average molecular weight is 300 g/mol. The lowest BCUT2D eigenvalue weighted by atomic mass is 10.1. The molecule has 1 aromatic heterocycles. The van der Waals surface area contributed by atoms with Gasteiger partial charge in [0.1, 0.15) is 0 Å². The Kier molecular flexibility index (Phi) is 9.71. The van der Waals surface area contributed by atoms with Gasteiger partial charge >= 0.3 is 0 Å². The van der Waals surface area contributed by atoms with Crippen molar-refractivity contribution in [2.75, 3.05) is 13.6 Å². The minimum Gasteiger partial charge on any atom is -0.340 e. The number of aromatic nitrogens is 1. The first kappa shape index (κ1) is 19.0. The molecule has 100 valence electrons. The van der Waals surface area contributed by atoms with Gasteiger partial charge in [-0.2, -0.15) is 0 Å². The van der Waals surface area contributed by atoms with Gasteiger partial charge in [0.25, 0.3) is 0 Å². The third kappa shape index (κ3) is 5.68. The highest BCUT2D eigenvalue weighted by atomic mass is 35.5. The van der Waals surface area contributed by atoms with Gasteiger partial charge in [-0.15, -0.1) is 36.2 Å². The van der Waals surface area contributed by atoms with E-state index in [1.807, 2.05) is 19.2 Å². The third-order valence-corrected chi connectivity index (χ3v) is 3.04.